The van der Waals surface area contributed by atoms with Gasteiger partial charge in [0.2, 0.25) is 11.8 Å². The zero-order chi connectivity index (χ0) is 21.7. The van der Waals surface area contributed by atoms with E-state index < -0.39 is 4.92 Å². The Morgan fingerprint density at radius 2 is 2.07 bits per heavy atom. The van der Waals surface area contributed by atoms with Crippen LogP contribution < -0.4 is 25.0 Å². The third-order valence-electron chi connectivity index (χ3n) is 4.70. The van der Waals surface area contributed by atoms with Crippen LogP contribution in [0.2, 0.25) is 0 Å². The highest BCUT2D eigenvalue weighted by atomic mass is 16.6. The summed E-state index contributed by atoms with van der Waals surface area (Å²) in [6, 6.07) is 4.76. The Labute approximate surface area is 175 Å². The van der Waals surface area contributed by atoms with Crippen LogP contribution in [-0.4, -0.2) is 80.3 Å². The molecule has 11 heteroatoms. The van der Waals surface area contributed by atoms with Crippen molar-refractivity contribution in [3.05, 3.63) is 34.5 Å². The SMILES string of the molecule is COc1cc(N(C)CCN(C)C)c([N+](=O)[O-])cc1Nc1nccc(OC2CNC2)n1. The maximum absolute atomic E-state index is 11.7. The van der Waals surface area contributed by atoms with Crippen LogP contribution in [0.25, 0.3) is 0 Å². The summed E-state index contributed by atoms with van der Waals surface area (Å²) in [7, 11) is 7.24. The molecule has 1 saturated heterocycles. The van der Waals surface area contributed by atoms with Gasteiger partial charge in [0.25, 0.3) is 5.69 Å². The predicted octanol–water partition coefficient (Wildman–Crippen LogP) is 1.49. The Morgan fingerprint density at radius 3 is 2.67 bits per heavy atom. The monoisotopic (exact) mass is 417 g/mol. The van der Waals surface area contributed by atoms with Crippen molar-refractivity contribution in [1.82, 2.24) is 20.2 Å². The number of anilines is 3. The van der Waals surface area contributed by atoms with Gasteiger partial charge in [0.15, 0.2) is 0 Å². The van der Waals surface area contributed by atoms with Crippen molar-refractivity contribution < 1.29 is 14.4 Å². The van der Waals surface area contributed by atoms with Crippen LogP contribution in [-0.2, 0) is 0 Å². The summed E-state index contributed by atoms with van der Waals surface area (Å²) in [6.45, 7) is 2.93. The van der Waals surface area contributed by atoms with Gasteiger partial charge >= 0.3 is 0 Å². The molecule has 2 N–H and O–H groups in total. The van der Waals surface area contributed by atoms with Gasteiger partial charge in [0, 0.05) is 57.6 Å². The summed E-state index contributed by atoms with van der Waals surface area (Å²) < 4.78 is 11.2. The van der Waals surface area contributed by atoms with Crippen molar-refractivity contribution in [3.63, 3.8) is 0 Å². The second-order valence-corrected chi connectivity index (χ2v) is 7.26. The van der Waals surface area contributed by atoms with Gasteiger partial charge in [-0.15, -0.1) is 0 Å². The molecule has 0 aliphatic carbocycles. The van der Waals surface area contributed by atoms with E-state index in [1.54, 1.807) is 18.3 Å². The second kappa shape index (κ2) is 9.55. The van der Waals surface area contributed by atoms with Gasteiger partial charge in [-0.05, 0) is 14.1 Å². The first-order chi connectivity index (χ1) is 14.4. The highest BCUT2D eigenvalue weighted by Crippen LogP contribution is 2.38. The first-order valence-corrected chi connectivity index (χ1v) is 9.57. The zero-order valence-electron chi connectivity index (χ0n) is 17.6. The first kappa shape index (κ1) is 21.5. The molecule has 162 valence electrons. The Bertz CT molecular complexity index is 889. The maximum atomic E-state index is 11.7. The lowest BCUT2D eigenvalue weighted by Gasteiger charge is -2.27. The molecule has 1 aromatic heterocycles. The van der Waals surface area contributed by atoms with Crippen LogP contribution in [0, 0.1) is 10.1 Å². The summed E-state index contributed by atoms with van der Waals surface area (Å²) >= 11 is 0. The minimum atomic E-state index is -0.407. The number of hydrogen-bond donors (Lipinski definition) is 2. The molecule has 1 aliphatic rings. The number of ether oxygens (including phenoxy) is 2. The van der Waals surface area contributed by atoms with Crippen molar-refractivity contribution in [2.45, 2.75) is 6.10 Å². The first-order valence-electron chi connectivity index (χ1n) is 9.57. The number of likely N-dealkylation sites (N-methyl/N-ethyl adjacent to an activating group) is 2. The normalized spacial score (nSPS) is 13.6. The van der Waals surface area contributed by atoms with E-state index >= 15 is 0 Å². The maximum Gasteiger partial charge on any atom is 0.294 e. The number of nitro groups is 1. The van der Waals surface area contributed by atoms with E-state index in [0.717, 1.165) is 19.6 Å². The fourth-order valence-electron chi connectivity index (χ4n) is 2.85. The van der Waals surface area contributed by atoms with E-state index in [-0.39, 0.29) is 17.7 Å². The summed E-state index contributed by atoms with van der Waals surface area (Å²) in [4.78, 5) is 23.7. The Balaban J connectivity index is 1.86. The third-order valence-corrected chi connectivity index (χ3v) is 4.70. The summed E-state index contributed by atoms with van der Waals surface area (Å²) in [6.07, 6.45) is 1.65. The molecule has 0 spiro atoms. The van der Waals surface area contributed by atoms with E-state index in [2.05, 4.69) is 20.6 Å². The van der Waals surface area contributed by atoms with Gasteiger partial charge in [0.1, 0.15) is 17.5 Å². The van der Waals surface area contributed by atoms with Crippen LogP contribution >= 0.6 is 0 Å². The number of nitrogens with zero attached hydrogens (tertiary/aromatic N) is 5. The standard InChI is InChI=1S/C19H27N7O4/c1-24(2)7-8-25(3)15-10-17(29-4)14(9-16(15)26(27)28)22-19-21-6-5-18(23-19)30-13-11-20-12-13/h5-6,9-10,13,20H,7-8,11-12H2,1-4H3,(H,21,22,23). The molecule has 0 radical (unpaired) electrons. The number of rotatable bonds is 10. The largest absolute Gasteiger partial charge is 0.494 e. The van der Waals surface area contributed by atoms with Crippen molar-refractivity contribution in [3.8, 4) is 11.6 Å². The number of nitrogens with one attached hydrogen (secondary N) is 2. The second-order valence-electron chi connectivity index (χ2n) is 7.26. The highest BCUT2D eigenvalue weighted by molar-refractivity contribution is 5.76. The zero-order valence-corrected chi connectivity index (χ0v) is 17.6. The molecule has 30 heavy (non-hydrogen) atoms. The van der Waals surface area contributed by atoms with Crippen molar-refractivity contribution >= 4 is 23.0 Å². The van der Waals surface area contributed by atoms with Gasteiger partial charge in [-0.2, -0.15) is 4.98 Å². The minimum Gasteiger partial charge on any atom is -0.494 e. The van der Waals surface area contributed by atoms with Crippen molar-refractivity contribution in [1.29, 1.82) is 0 Å². The van der Waals surface area contributed by atoms with Crippen molar-refractivity contribution in [2.24, 2.45) is 0 Å². The van der Waals surface area contributed by atoms with Crippen LogP contribution in [0.3, 0.4) is 0 Å². The number of benzene rings is 1. The van der Waals surface area contributed by atoms with E-state index in [1.165, 1.54) is 13.2 Å². The summed E-state index contributed by atoms with van der Waals surface area (Å²) in [5.74, 6) is 1.15. The molecular formula is C19H27N7O4. The Morgan fingerprint density at radius 1 is 1.30 bits per heavy atom. The lowest BCUT2D eigenvalue weighted by molar-refractivity contribution is -0.384. The molecule has 0 amide bonds. The number of hydrogen-bond acceptors (Lipinski definition) is 10. The molecule has 0 atom stereocenters. The molecule has 1 aromatic carbocycles. The minimum absolute atomic E-state index is 0.0347. The molecule has 11 nitrogen and oxygen atoms in total. The van der Waals surface area contributed by atoms with E-state index in [1.807, 2.05) is 30.9 Å². The quantitative estimate of drug-likeness (QED) is 0.435. The van der Waals surface area contributed by atoms with Crippen LogP contribution in [0.4, 0.5) is 23.0 Å². The smallest absolute Gasteiger partial charge is 0.294 e. The average molecular weight is 417 g/mol. The fraction of sp³-hybridized carbons (Fsp3) is 0.474. The average Bonchev–Trinajstić information content (AvgIpc) is 2.68. The van der Waals surface area contributed by atoms with Crippen LogP contribution in [0.5, 0.6) is 11.6 Å². The van der Waals surface area contributed by atoms with Gasteiger partial charge in [-0.3, -0.25) is 10.1 Å². The van der Waals surface area contributed by atoms with E-state index in [0.29, 0.717) is 29.5 Å². The highest BCUT2D eigenvalue weighted by Gasteiger charge is 2.23. The molecule has 1 aliphatic heterocycles. The van der Waals surface area contributed by atoms with E-state index in [9.17, 15) is 10.1 Å². The predicted molar refractivity (Wildman–Crippen MR) is 114 cm³/mol. The van der Waals surface area contributed by atoms with Crippen LogP contribution in [0.15, 0.2) is 24.4 Å². The number of methoxy groups -OCH3 is 1. The van der Waals surface area contributed by atoms with E-state index in [4.69, 9.17) is 9.47 Å². The number of nitro benzene ring substituents is 1. The third kappa shape index (κ3) is 5.24. The summed E-state index contributed by atoms with van der Waals surface area (Å²) in [5.41, 5.74) is 0.837. The van der Waals surface area contributed by atoms with Gasteiger partial charge in [0.05, 0.1) is 17.7 Å². The lowest BCUT2D eigenvalue weighted by Crippen LogP contribution is -2.50. The van der Waals surface area contributed by atoms with Gasteiger partial charge < -0.3 is 29.9 Å². The fourth-order valence-corrected chi connectivity index (χ4v) is 2.85. The van der Waals surface area contributed by atoms with Gasteiger partial charge in [-0.1, -0.05) is 0 Å². The Hall–Kier alpha value is -3.18. The summed E-state index contributed by atoms with van der Waals surface area (Å²) in [5, 5.41) is 17.9. The molecule has 2 aromatic rings. The number of aromatic nitrogens is 2. The molecule has 0 saturated carbocycles. The van der Waals surface area contributed by atoms with Gasteiger partial charge in [-0.25, -0.2) is 4.98 Å². The molecule has 0 unspecified atom stereocenters. The molecular weight excluding hydrogens is 390 g/mol. The Kier molecular flexibility index (Phi) is 6.85. The topological polar surface area (TPSA) is 118 Å². The lowest BCUT2D eigenvalue weighted by atomic mass is 10.2. The molecule has 1 fully saturated rings. The molecule has 2 heterocycles. The molecule has 0 bridgehead atoms. The molecule has 3 rings (SSSR count). The van der Waals surface area contributed by atoms with Crippen molar-refractivity contribution in [2.75, 3.05) is 64.6 Å². The van der Waals surface area contributed by atoms with Crippen LogP contribution in [0.1, 0.15) is 0 Å².